The third kappa shape index (κ3) is 4.62. The molecule has 0 saturated carbocycles. The number of hydrogen-bond donors (Lipinski definition) is 2. The highest BCUT2D eigenvalue weighted by atomic mass is 35.5. The third-order valence-corrected chi connectivity index (χ3v) is 4.11. The number of halogens is 1. The first kappa shape index (κ1) is 13.8. The molecule has 0 atom stereocenters. The van der Waals surface area contributed by atoms with Gasteiger partial charge < -0.3 is 10.4 Å². The van der Waals surface area contributed by atoms with Gasteiger partial charge in [-0.1, -0.05) is 11.6 Å². The lowest BCUT2D eigenvalue weighted by molar-refractivity contribution is 0.194. The average molecular weight is 278 g/mol. The highest BCUT2D eigenvalue weighted by Gasteiger charge is 2.13. The maximum Gasteiger partial charge on any atom is 0.404 e. The van der Waals surface area contributed by atoms with Crippen LogP contribution in [-0.4, -0.2) is 31.9 Å². The van der Waals surface area contributed by atoms with Crippen LogP contribution < -0.4 is 5.32 Å². The molecule has 7 heteroatoms. The number of amides is 1. The minimum Gasteiger partial charge on any atom is -0.465 e. The number of hydrogen-bond acceptors (Lipinski definition) is 3. The average Bonchev–Trinajstić information content (AvgIpc) is 2.25. The summed E-state index contributed by atoms with van der Waals surface area (Å²) in [6, 6.07) is 5.87. The van der Waals surface area contributed by atoms with Crippen LogP contribution in [0, 0.1) is 0 Å². The van der Waals surface area contributed by atoms with Crippen LogP contribution >= 0.6 is 11.6 Å². The highest BCUT2D eigenvalue weighted by molar-refractivity contribution is 7.91. The summed E-state index contributed by atoms with van der Waals surface area (Å²) < 4.78 is 23.5. The molecule has 5 nitrogen and oxygen atoms in total. The van der Waals surface area contributed by atoms with Gasteiger partial charge in [-0.05, 0) is 30.7 Å². The lowest BCUT2D eigenvalue weighted by Crippen LogP contribution is -2.23. The standard InChI is InChI=1S/C10H12ClNO4S/c11-8-2-4-9(5-3-8)17(15,16)7-1-6-12-10(13)14/h2-5,12H,1,6-7H2,(H,13,14). The van der Waals surface area contributed by atoms with Crippen LogP contribution in [0.4, 0.5) is 4.79 Å². The van der Waals surface area contributed by atoms with Gasteiger partial charge in [0.1, 0.15) is 0 Å². The third-order valence-electron chi connectivity index (χ3n) is 2.04. The quantitative estimate of drug-likeness (QED) is 0.804. The van der Waals surface area contributed by atoms with Crippen LogP contribution in [0.1, 0.15) is 6.42 Å². The van der Waals surface area contributed by atoms with Crippen LogP contribution in [0.25, 0.3) is 0 Å². The molecule has 1 amide bonds. The van der Waals surface area contributed by atoms with Crippen LogP contribution in [0.2, 0.25) is 5.02 Å². The second kappa shape index (κ2) is 5.88. The molecule has 0 aliphatic carbocycles. The molecule has 1 aromatic rings. The number of nitrogens with one attached hydrogen (secondary N) is 1. The fourth-order valence-corrected chi connectivity index (χ4v) is 2.65. The molecule has 94 valence electrons. The van der Waals surface area contributed by atoms with Gasteiger partial charge in [0.15, 0.2) is 9.84 Å². The van der Waals surface area contributed by atoms with Gasteiger partial charge >= 0.3 is 6.09 Å². The minimum atomic E-state index is -3.37. The monoisotopic (exact) mass is 277 g/mol. The first-order valence-electron chi connectivity index (χ1n) is 4.87. The number of sulfone groups is 1. The summed E-state index contributed by atoms with van der Waals surface area (Å²) in [6.45, 7) is 0.113. The van der Waals surface area contributed by atoms with E-state index in [9.17, 15) is 13.2 Å². The molecular weight excluding hydrogens is 266 g/mol. The summed E-state index contributed by atoms with van der Waals surface area (Å²) in [6.07, 6.45) is -0.925. The van der Waals surface area contributed by atoms with Crippen molar-refractivity contribution in [1.29, 1.82) is 0 Å². The Labute approximate surface area is 104 Å². The molecule has 0 aliphatic rings. The van der Waals surface area contributed by atoms with Gasteiger partial charge in [-0.15, -0.1) is 0 Å². The first-order valence-corrected chi connectivity index (χ1v) is 6.90. The van der Waals surface area contributed by atoms with E-state index in [1.54, 1.807) is 0 Å². The zero-order chi connectivity index (χ0) is 12.9. The molecular formula is C10H12ClNO4S. The van der Waals surface area contributed by atoms with Crippen LogP contribution in [0.15, 0.2) is 29.2 Å². The van der Waals surface area contributed by atoms with Crippen molar-refractivity contribution in [2.24, 2.45) is 0 Å². The van der Waals surface area contributed by atoms with Gasteiger partial charge in [-0.25, -0.2) is 13.2 Å². The molecule has 17 heavy (non-hydrogen) atoms. The summed E-state index contributed by atoms with van der Waals surface area (Å²) in [4.78, 5) is 10.3. The van der Waals surface area contributed by atoms with Gasteiger partial charge in [0, 0.05) is 11.6 Å². The van der Waals surface area contributed by atoms with Gasteiger partial charge in [0.05, 0.1) is 10.6 Å². The SMILES string of the molecule is O=C(O)NCCCS(=O)(=O)c1ccc(Cl)cc1. The Morgan fingerprint density at radius 1 is 1.29 bits per heavy atom. The predicted molar refractivity (Wildman–Crippen MR) is 64.1 cm³/mol. The van der Waals surface area contributed by atoms with Crippen LogP contribution in [-0.2, 0) is 9.84 Å². The van der Waals surface area contributed by atoms with E-state index in [1.165, 1.54) is 24.3 Å². The normalized spacial score (nSPS) is 11.1. The van der Waals surface area contributed by atoms with Crippen molar-refractivity contribution in [1.82, 2.24) is 5.32 Å². The van der Waals surface area contributed by atoms with E-state index in [1.807, 2.05) is 0 Å². The summed E-state index contributed by atoms with van der Waals surface area (Å²) in [5.74, 6) is -0.102. The molecule has 0 spiro atoms. The predicted octanol–water partition coefficient (Wildman–Crippen LogP) is 1.77. The van der Waals surface area contributed by atoms with Crippen molar-refractivity contribution in [3.05, 3.63) is 29.3 Å². The van der Waals surface area contributed by atoms with Crippen LogP contribution in [0.5, 0.6) is 0 Å². The van der Waals surface area contributed by atoms with E-state index in [4.69, 9.17) is 16.7 Å². The van der Waals surface area contributed by atoms with Crippen molar-refractivity contribution in [2.45, 2.75) is 11.3 Å². The molecule has 0 unspecified atom stereocenters. The Balaban J connectivity index is 2.57. The lowest BCUT2D eigenvalue weighted by atomic mass is 10.4. The lowest BCUT2D eigenvalue weighted by Gasteiger charge is -2.04. The van der Waals surface area contributed by atoms with Gasteiger partial charge in [0.2, 0.25) is 0 Å². The van der Waals surface area contributed by atoms with E-state index < -0.39 is 15.9 Å². The Morgan fingerprint density at radius 3 is 2.41 bits per heavy atom. The number of carbonyl (C=O) groups is 1. The maximum absolute atomic E-state index is 11.8. The van der Waals surface area contributed by atoms with Gasteiger partial charge in [-0.3, -0.25) is 0 Å². The van der Waals surface area contributed by atoms with Crippen molar-refractivity contribution in [3.8, 4) is 0 Å². The smallest absolute Gasteiger partial charge is 0.404 e. The summed E-state index contributed by atoms with van der Waals surface area (Å²) in [7, 11) is -3.37. The Hall–Kier alpha value is -1.27. The number of benzene rings is 1. The second-order valence-electron chi connectivity index (χ2n) is 3.36. The molecule has 0 saturated heterocycles. The molecule has 0 aliphatic heterocycles. The van der Waals surface area contributed by atoms with E-state index in [-0.39, 0.29) is 23.6 Å². The number of rotatable bonds is 5. The van der Waals surface area contributed by atoms with Crippen molar-refractivity contribution in [3.63, 3.8) is 0 Å². The molecule has 1 rings (SSSR count). The van der Waals surface area contributed by atoms with Crippen molar-refractivity contribution < 1.29 is 18.3 Å². The summed E-state index contributed by atoms with van der Waals surface area (Å²) in [5, 5.41) is 10.9. The van der Waals surface area contributed by atoms with E-state index >= 15 is 0 Å². The molecule has 0 fully saturated rings. The molecule has 0 heterocycles. The van der Waals surface area contributed by atoms with Crippen LogP contribution in [0.3, 0.4) is 0 Å². The zero-order valence-electron chi connectivity index (χ0n) is 8.89. The Morgan fingerprint density at radius 2 is 1.88 bits per heavy atom. The van der Waals surface area contributed by atoms with E-state index in [0.717, 1.165) is 0 Å². The Kier molecular flexibility index (Phi) is 4.77. The first-order chi connectivity index (χ1) is 7.92. The Bertz CT molecular complexity index is 484. The topological polar surface area (TPSA) is 83.5 Å². The summed E-state index contributed by atoms with van der Waals surface area (Å²) >= 11 is 5.65. The molecule has 1 aromatic carbocycles. The molecule has 2 N–H and O–H groups in total. The summed E-state index contributed by atoms with van der Waals surface area (Å²) in [5.41, 5.74) is 0. The number of carboxylic acid groups (broad SMARTS) is 1. The fraction of sp³-hybridized carbons (Fsp3) is 0.300. The van der Waals surface area contributed by atoms with Crippen molar-refractivity contribution >= 4 is 27.5 Å². The molecule has 0 bridgehead atoms. The maximum atomic E-state index is 11.8. The zero-order valence-corrected chi connectivity index (χ0v) is 10.5. The molecule has 0 aromatic heterocycles. The largest absolute Gasteiger partial charge is 0.465 e. The van der Waals surface area contributed by atoms with E-state index in [2.05, 4.69) is 5.32 Å². The molecule has 0 radical (unpaired) electrons. The van der Waals surface area contributed by atoms with Crippen molar-refractivity contribution in [2.75, 3.05) is 12.3 Å². The second-order valence-corrected chi connectivity index (χ2v) is 5.90. The van der Waals surface area contributed by atoms with E-state index in [0.29, 0.717) is 5.02 Å². The minimum absolute atomic E-state index is 0.102. The van der Waals surface area contributed by atoms with Gasteiger partial charge in [0.25, 0.3) is 0 Å². The fourth-order valence-electron chi connectivity index (χ4n) is 1.22. The highest BCUT2D eigenvalue weighted by Crippen LogP contribution is 2.15. The van der Waals surface area contributed by atoms with Gasteiger partial charge in [-0.2, -0.15) is 0 Å².